The predicted molar refractivity (Wildman–Crippen MR) is 48.0 cm³/mol. The highest BCUT2D eigenvalue weighted by atomic mass is 19.2. The third-order valence-corrected chi connectivity index (χ3v) is 1.98. The van der Waals surface area contributed by atoms with Crippen LogP contribution in [0, 0.1) is 11.6 Å². The molecule has 1 aliphatic rings. The molecule has 0 radical (unpaired) electrons. The van der Waals surface area contributed by atoms with Crippen molar-refractivity contribution in [3.8, 4) is 0 Å². The van der Waals surface area contributed by atoms with Crippen LogP contribution in [0.2, 0.25) is 0 Å². The molecule has 2 amide bonds. The van der Waals surface area contributed by atoms with E-state index in [9.17, 15) is 18.4 Å². The van der Waals surface area contributed by atoms with Crippen molar-refractivity contribution in [2.75, 3.05) is 4.90 Å². The first-order valence-electron chi connectivity index (χ1n) is 4.11. The standard InChI is InChI=1S/C10H5F2NO2/c11-6-2-1-3-7(10(6)12)13-8(14)4-5-9(13)15/h1-5H. The molecule has 0 aromatic heterocycles. The average molecular weight is 209 g/mol. The monoisotopic (exact) mass is 209 g/mol. The predicted octanol–water partition coefficient (Wildman–Crippen LogP) is 1.39. The average Bonchev–Trinajstić information content (AvgIpc) is 2.52. The Kier molecular flexibility index (Phi) is 2.07. The van der Waals surface area contributed by atoms with Gasteiger partial charge < -0.3 is 0 Å². The lowest BCUT2D eigenvalue weighted by Crippen LogP contribution is -2.30. The fourth-order valence-corrected chi connectivity index (χ4v) is 1.30. The third kappa shape index (κ3) is 1.41. The van der Waals surface area contributed by atoms with E-state index < -0.39 is 23.4 Å². The molecule has 0 atom stereocenters. The first-order valence-corrected chi connectivity index (χ1v) is 4.11. The molecule has 15 heavy (non-hydrogen) atoms. The van der Waals surface area contributed by atoms with Gasteiger partial charge in [-0.2, -0.15) is 0 Å². The molecule has 0 aliphatic carbocycles. The topological polar surface area (TPSA) is 37.4 Å². The van der Waals surface area contributed by atoms with E-state index in [-0.39, 0.29) is 5.69 Å². The second-order valence-corrected chi connectivity index (χ2v) is 2.92. The number of nitrogens with zero attached hydrogens (tertiary/aromatic N) is 1. The summed E-state index contributed by atoms with van der Waals surface area (Å²) in [7, 11) is 0. The van der Waals surface area contributed by atoms with Gasteiger partial charge in [0.25, 0.3) is 11.8 Å². The number of amides is 2. The Morgan fingerprint density at radius 1 is 1.00 bits per heavy atom. The maximum atomic E-state index is 13.3. The van der Waals surface area contributed by atoms with Crippen LogP contribution in [0.5, 0.6) is 0 Å². The molecule has 76 valence electrons. The minimum atomic E-state index is -1.21. The molecule has 0 saturated carbocycles. The van der Waals surface area contributed by atoms with Gasteiger partial charge in [0.15, 0.2) is 11.6 Å². The van der Waals surface area contributed by atoms with E-state index in [1.165, 1.54) is 12.1 Å². The SMILES string of the molecule is O=C1C=CC(=O)N1c1cccc(F)c1F. The van der Waals surface area contributed by atoms with Crippen molar-refractivity contribution in [1.29, 1.82) is 0 Å². The smallest absolute Gasteiger partial charge is 0.258 e. The van der Waals surface area contributed by atoms with Crippen molar-refractivity contribution < 1.29 is 18.4 Å². The van der Waals surface area contributed by atoms with Gasteiger partial charge in [-0.05, 0) is 12.1 Å². The van der Waals surface area contributed by atoms with Gasteiger partial charge in [0.05, 0.1) is 5.69 Å². The molecule has 5 heteroatoms. The molecular weight excluding hydrogens is 204 g/mol. The fourth-order valence-electron chi connectivity index (χ4n) is 1.30. The van der Waals surface area contributed by atoms with Crippen LogP contribution in [0.3, 0.4) is 0 Å². The summed E-state index contributed by atoms with van der Waals surface area (Å²) >= 11 is 0. The van der Waals surface area contributed by atoms with E-state index in [0.717, 1.165) is 18.2 Å². The zero-order chi connectivity index (χ0) is 11.0. The van der Waals surface area contributed by atoms with Crippen molar-refractivity contribution in [3.63, 3.8) is 0 Å². The first kappa shape index (κ1) is 9.51. The number of rotatable bonds is 1. The van der Waals surface area contributed by atoms with Crippen molar-refractivity contribution in [2.45, 2.75) is 0 Å². The van der Waals surface area contributed by atoms with Gasteiger partial charge in [-0.3, -0.25) is 9.59 Å². The van der Waals surface area contributed by atoms with E-state index >= 15 is 0 Å². The Balaban J connectivity index is 2.51. The van der Waals surface area contributed by atoms with Crippen LogP contribution in [-0.2, 0) is 9.59 Å². The van der Waals surface area contributed by atoms with Gasteiger partial charge in [0.2, 0.25) is 0 Å². The van der Waals surface area contributed by atoms with Crippen molar-refractivity contribution in [1.82, 2.24) is 0 Å². The molecule has 0 spiro atoms. The Morgan fingerprint density at radius 3 is 2.20 bits per heavy atom. The van der Waals surface area contributed by atoms with Crippen LogP contribution in [-0.4, -0.2) is 11.8 Å². The minimum Gasteiger partial charge on any atom is -0.269 e. The lowest BCUT2D eigenvalue weighted by Gasteiger charge is -2.14. The van der Waals surface area contributed by atoms with Crippen LogP contribution >= 0.6 is 0 Å². The number of hydrogen-bond acceptors (Lipinski definition) is 2. The summed E-state index contributed by atoms with van der Waals surface area (Å²) in [6.45, 7) is 0. The Morgan fingerprint density at radius 2 is 1.60 bits per heavy atom. The first-order chi connectivity index (χ1) is 7.11. The number of anilines is 1. The third-order valence-electron chi connectivity index (χ3n) is 1.98. The number of imide groups is 1. The second-order valence-electron chi connectivity index (χ2n) is 2.92. The van der Waals surface area contributed by atoms with Gasteiger partial charge >= 0.3 is 0 Å². The quantitative estimate of drug-likeness (QED) is 0.655. The molecule has 2 rings (SSSR count). The highest BCUT2D eigenvalue weighted by molar-refractivity contribution is 6.28. The largest absolute Gasteiger partial charge is 0.269 e. The molecule has 0 fully saturated rings. The number of hydrogen-bond donors (Lipinski definition) is 0. The van der Waals surface area contributed by atoms with Crippen LogP contribution in [0.25, 0.3) is 0 Å². The van der Waals surface area contributed by atoms with Crippen molar-refractivity contribution >= 4 is 17.5 Å². The summed E-state index contributed by atoms with van der Waals surface area (Å²) in [5.74, 6) is -3.66. The lowest BCUT2D eigenvalue weighted by atomic mass is 10.2. The number of carbonyl (C=O) groups excluding carboxylic acids is 2. The maximum Gasteiger partial charge on any atom is 0.258 e. The summed E-state index contributed by atoms with van der Waals surface area (Å²) in [4.78, 5) is 22.9. The summed E-state index contributed by atoms with van der Waals surface area (Å²) < 4.78 is 26.1. The Hall–Kier alpha value is -2.04. The number of benzene rings is 1. The molecule has 0 saturated heterocycles. The summed E-state index contributed by atoms with van der Waals surface area (Å²) in [5, 5.41) is 0. The minimum absolute atomic E-state index is 0.366. The molecule has 1 aliphatic heterocycles. The molecule has 0 unspecified atom stereocenters. The zero-order valence-electron chi connectivity index (χ0n) is 7.41. The van der Waals surface area contributed by atoms with Gasteiger partial charge in [0.1, 0.15) is 0 Å². The normalized spacial score (nSPS) is 15.2. The second kappa shape index (κ2) is 3.27. The highest BCUT2D eigenvalue weighted by Crippen LogP contribution is 2.24. The molecule has 1 aromatic carbocycles. The van der Waals surface area contributed by atoms with Crippen LogP contribution in [0.15, 0.2) is 30.4 Å². The van der Waals surface area contributed by atoms with E-state index in [1.54, 1.807) is 0 Å². The summed E-state index contributed by atoms with van der Waals surface area (Å²) in [6.07, 6.45) is 2.01. The molecule has 0 bridgehead atoms. The van der Waals surface area contributed by atoms with E-state index in [4.69, 9.17) is 0 Å². The number of halogens is 2. The van der Waals surface area contributed by atoms with E-state index in [1.807, 2.05) is 0 Å². The maximum absolute atomic E-state index is 13.3. The van der Waals surface area contributed by atoms with Gasteiger partial charge in [-0.1, -0.05) is 6.07 Å². The van der Waals surface area contributed by atoms with Gasteiger partial charge in [-0.25, -0.2) is 13.7 Å². The summed E-state index contributed by atoms with van der Waals surface area (Å²) in [6, 6.07) is 3.31. The fraction of sp³-hybridized carbons (Fsp3) is 0. The van der Waals surface area contributed by atoms with Gasteiger partial charge in [0, 0.05) is 12.2 Å². The molecular formula is C10H5F2NO2. The Labute approximate surface area is 83.6 Å². The Bertz CT molecular complexity index is 464. The van der Waals surface area contributed by atoms with Crippen LogP contribution in [0.4, 0.5) is 14.5 Å². The highest BCUT2D eigenvalue weighted by Gasteiger charge is 2.28. The molecule has 1 aromatic rings. The van der Waals surface area contributed by atoms with E-state index in [0.29, 0.717) is 4.90 Å². The molecule has 3 nitrogen and oxygen atoms in total. The molecule has 0 N–H and O–H groups in total. The summed E-state index contributed by atoms with van der Waals surface area (Å²) in [5.41, 5.74) is -0.366. The lowest BCUT2D eigenvalue weighted by molar-refractivity contribution is -0.120. The van der Waals surface area contributed by atoms with Crippen molar-refractivity contribution in [3.05, 3.63) is 42.0 Å². The number of carbonyl (C=O) groups is 2. The van der Waals surface area contributed by atoms with Crippen LogP contribution < -0.4 is 4.90 Å². The van der Waals surface area contributed by atoms with Gasteiger partial charge in [-0.15, -0.1) is 0 Å². The molecule has 1 heterocycles. The zero-order valence-corrected chi connectivity index (χ0v) is 7.41. The van der Waals surface area contributed by atoms with Crippen molar-refractivity contribution in [2.24, 2.45) is 0 Å². The van der Waals surface area contributed by atoms with Crippen LogP contribution in [0.1, 0.15) is 0 Å². The van der Waals surface area contributed by atoms with E-state index in [2.05, 4.69) is 0 Å².